The molecule has 0 amide bonds. The summed E-state index contributed by atoms with van der Waals surface area (Å²) in [6, 6.07) is 45.8. The molecule has 0 aliphatic heterocycles. The zero-order valence-electron chi connectivity index (χ0n) is 27.2. The molecule has 0 fully saturated rings. The molecule has 0 bridgehead atoms. The molecule has 0 saturated carbocycles. The Bertz CT molecular complexity index is 2800. The highest BCUT2D eigenvalue weighted by Gasteiger charge is 2.19. The van der Waals surface area contributed by atoms with E-state index in [0.717, 1.165) is 66.7 Å². The first-order chi connectivity index (χ1) is 24.7. The van der Waals surface area contributed by atoms with Crippen LogP contribution in [0, 0.1) is 0 Å². The first kappa shape index (κ1) is 29.3. The molecule has 9 aromatic rings. The molecule has 0 unspecified atom stereocenters. The third kappa shape index (κ3) is 4.83. The minimum absolute atomic E-state index is 0.445. The first-order valence-electron chi connectivity index (χ1n) is 16.4. The average molecular weight is 647 g/mol. The number of allylic oxidation sites excluding steroid dienone is 3. The quantitative estimate of drug-likeness (QED) is 0.128. The summed E-state index contributed by atoms with van der Waals surface area (Å²) in [5, 5.41) is 13.6. The molecule has 50 heavy (non-hydrogen) atoms. The standard InChI is InChI=1S/C43H30N6O/c1-28(12-11-25-44-2)36-17-10-20-41(45-36)49-38-19-9-7-16-33(38)35-24-22-30(27-40(35)49)43-47-46-42(50-43)29-21-23-34-32-15-6-8-18-37(32)48(39(34)26-29)31-13-4-3-5-14-31/h3-27H,1H2,2H3/b12-11-,44-25-. The topological polar surface area (TPSA) is 74.0 Å². The van der Waals surface area contributed by atoms with E-state index in [4.69, 9.17) is 9.40 Å². The maximum Gasteiger partial charge on any atom is 0.248 e. The summed E-state index contributed by atoms with van der Waals surface area (Å²) in [7, 11) is 1.74. The zero-order chi connectivity index (χ0) is 33.6. The van der Waals surface area contributed by atoms with Gasteiger partial charge in [-0.05, 0) is 72.3 Å². The SMILES string of the molecule is C=C(/C=C\C=N/C)c1cccc(-n2c3ccccc3c3ccc(-c4nnc(-c5ccc6c7ccccc7n(-c7ccccc7)c6c5)o4)cc32)n1. The Morgan fingerprint density at radius 1 is 0.620 bits per heavy atom. The van der Waals surface area contributed by atoms with Crippen molar-refractivity contribution in [2.45, 2.75) is 0 Å². The molecule has 0 aliphatic rings. The van der Waals surface area contributed by atoms with Gasteiger partial charge in [-0.25, -0.2) is 4.98 Å². The van der Waals surface area contributed by atoms with Crippen molar-refractivity contribution >= 4 is 55.4 Å². The summed E-state index contributed by atoms with van der Waals surface area (Å²) in [6.07, 6.45) is 5.51. The van der Waals surface area contributed by atoms with Crippen molar-refractivity contribution in [1.29, 1.82) is 0 Å². The molecule has 7 heteroatoms. The molecule has 4 aromatic heterocycles. The van der Waals surface area contributed by atoms with E-state index in [1.165, 1.54) is 10.8 Å². The Morgan fingerprint density at radius 3 is 1.86 bits per heavy atom. The third-order valence-electron chi connectivity index (χ3n) is 9.11. The fraction of sp³-hybridized carbons (Fsp3) is 0.0233. The molecule has 4 heterocycles. The van der Waals surface area contributed by atoms with Gasteiger partial charge < -0.3 is 8.98 Å². The van der Waals surface area contributed by atoms with Gasteiger partial charge in [0.2, 0.25) is 11.8 Å². The van der Waals surface area contributed by atoms with Crippen LogP contribution in [0.15, 0.2) is 162 Å². The Hall–Kier alpha value is -6.86. The van der Waals surface area contributed by atoms with Crippen molar-refractivity contribution in [3.8, 4) is 34.4 Å². The number of benzene rings is 5. The second-order valence-electron chi connectivity index (χ2n) is 12.1. The summed E-state index contributed by atoms with van der Waals surface area (Å²) in [5.74, 6) is 1.69. The molecule has 0 saturated heterocycles. The molecule has 0 radical (unpaired) electrons. The monoisotopic (exact) mass is 646 g/mol. The van der Waals surface area contributed by atoms with Crippen molar-refractivity contribution < 1.29 is 4.42 Å². The lowest BCUT2D eigenvalue weighted by Crippen LogP contribution is -1.99. The van der Waals surface area contributed by atoms with Crippen LogP contribution in [0.1, 0.15) is 5.69 Å². The third-order valence-corrected chi connectivity index (χ3v) is 9.11. The van der Waals surface area contributed by atoms with Crippen LogP contribution in [-0.4, -0.2) is 37.6 Å². The van der Waals surface area contributed by atoms with Gasteiger partial charge in [0.05, 0.1) is 27.8 Å². The van der Waals surface area contributed by atoms with Gasteiger partial charge in [-0.15, -0.1) is 10.2 Å². The number of rotatable bonds is 7. The molecule has 9 rings (SSSR count). The van der Waals surface area contributed by atoms with Crippen molar-refractivity contribution in [2.75, 3.05) is 7.05 Å². The van der Waals surface area contributed by atoms with Gasteiger partial charge in [0, 0.05) is 51.6 Å². The van der Waals surface area contributed by atoms with Gasteiger partial charge >= 0.3 is 0 Å². The highest BCUT2D eigenvalue weighted by molar-refractivity contribution is 6.11. The van der Waals surface area contributed by atoms with E-state index in [1.54, 1.807) is 13.3 Å². The Morgan fingerprint density at radius 2 is 1.20 bits per heavy atom. The molecule has 238 valence electrons. The van der Waals surface area contributed by atoms with Gasteiger partial charge in [0.15, 0.2) is 0 Å². The molecule has 0 aliphatic carbocycles. The lowest BCUT2D eigenvalue weighted by molar-refractivity contribution is 0.584. The van der Waals surface area contributed by atoms with E-state index in [1.807, 2.05) is 48.6 Å². The second-order valence-corrected chi connectivity index (χ2v) is 12.1. The summed E-state index contributed by atoms with van der Waals surface area (Å²) in [5.41, 5.74) is 8.62. The Balaban J connectivity index is 1.15. The highest BCUT2D eigenvalue weighted by atomic mass is 16.4. The molecule has 0 spiro atoms. The minimum Gasteiger partial charge on any atom is -0.416 e. The lowest BCUT2D eigenvalue weighted by Gasteiger charge is -2.09. The number of aromatic nitrogens is 5. The molecular weight excluding hydrogens is 617 g/mol. The van der Waals surface area contributed by atoms with E-state index in [-0.39, 0.29) is 0 Å². The number of fused-ring (bicyclic) bond motifs is 6. The molecular formula is C43H30N6O. The van der Waals surface area contributed by atoms with Crippen LogP contribution in [-0.2, 0) is 0 Å². The van der Waals surface area contributed by atoms with Crippen LogP contribution in [0.2, 0.25) is 0 Å². The fourth-order valence-corrected chi connectivity index (χ4v) is 6.82. The van der Waals surface area contributed by atoms with Crippen molar-refractivity contribution in [2.24, 2.45) is 4.99 Å². The largest absolute Gasteiger partial charge is 0.416 e. The van der Waals surface area contributed by atoms with Gasteiger partial charge in [-0.2, -0.15) is 0 Å². The Labute approximate surface area is 287 Å². The van der Waals surface area contributed by atoms with Crippen molar-refractivity contribution in [3.05, 3.63) is 158 Å². The van der Waals surface area contributed by atoms with E-state index < -0.39 is 0 Å². The lowest BCUT2D eigenvalue weighted by atomic mass is 10.1. The normalized spacial score (nSPS) is 12.0. The van der Waals surface area contributed by atoms with Crippen LogP contribution >= 0.6 is 0 Å². The van der Waals surface area contributed by atoms with Crippen LogP contribution < -0.4 is 0 Å². The number of para-hydroxylation sites is 3. The summed E-state index contributed by atoms with van der Waals surface area (Å²) in [6.45, 7) is 4.22. The molecule has 0 N–H and O–H groups in total. The van der Waals surface area contributed by atoms with E-state index >= 15 is 0 Å². The van der Waals surface area contributed by atoms with Gasteiger partial charge in [-0.1, -0.05) is 85.5 Å². The van der Waals surface area contributed by atoms with Crippen LogP contribution in [0.3, 0.4) is 0 Å². The first-order valence-corrected chi connectivity index (χ1v) is 16.4. The number of nitrogens with zero attached hydrogens (tertiary/aromatic N) is 6. The van der Waals surface area contributed by atoms with E-state index in [2.05, 4.69) is 128 Å². The summed E-state index contributed by atoms with van der Waals surface area (Å²) >= 11 is 0. The number of hydrogen-bond acceptors (Lipinski definition) is 5. The van der Waals surface area contributed by atoms with Crippen LogP contribution in [0.5, 0.6) is 0 Å². The molecule has 7 nitrogen and oxygen atoms in total. The smallest absolute Gasteiger partial charge is 0.248 e. The van der Waals surface area contributed by atoms with E-state index in [9.17, 15) is 0 Å². The molecule has 0 atom stereocenters. The van der Waals surface area contributed by atoms with Gasteiger partial charge in [0.1, 0.15) is 5.82 Å². The zero-order valence-corrected chi connectivity index (χ0v) is 27.2. The van der Waals surface area contributed by atoms with Gasteiger partial charge in [-0.3, -0.25) is 9.56 Å². The van der Waals surface area contributed by atoms with E-state index in [0.29, 0.717) is 11.8 Å². The number of pyridine rings is 1. The van der Waals surface area contributed by atoms with Crippen molar-refractivity contribution in [1.82, 2.24) is 24.3 Å². The molecule has 5 aromatic carbocycles. The summed E-state index contributed by atoms with van der Waals surface area (Å²) < 4.78 is 10.9. The highest BCUT2D eigenvalue weighted by Crippen LogP contribution is 2.37. The fourth-order valence-electron chi connectivity index (χ4n) is 6.82. The number of aliphatic imine (C=N–C) groups is 1. The maximum absolute atomic E-state index is 6.40. The minimum atomic E-state index is 0.445. The van der Waals surface area contributed by atoms with Gasteiger partial charge in [0.25, 0.3) is 0 Å². The Kier molecular flexibility index (Phi) is 7.02. The second kappa shape index (κ2) is 12.0. The van der Waals surface area contributed by atoms with Crippen LogP contribution in [0.25, 0.3) is 83.6 Å². The predicted octanol–water partition coefficient (Wildman–Crippen LogP) is 10.3. The van der Waals surface area contributed by atoms with Crippen molar-refractivity contribution in [3.63, 3.8) is 0 Å². The maximum atomic E-state index is 6.40. The number of hydrogen-bond donors (Lipinski definition) is 0. The average Bonchev–Trinajstić information content (AvgIpc) is 3.88. The summed E-state index contributed by atoms with van der Waals surface area (Å²) in [4.78, 5) is 9.04. The van der Waals surface area contributed by atoms with Crippen LogP contribution in [0.4, 0.5) is 0 Å². The predicted molar refractivity (Wildman–Crippen MR) is 204 cm³/mol.